The molecule has 0 aliphatic carbocycles. The molecule has 1 N–H and O–H groups in total. The summed E-state index contributed by atoms with van der Waals surface area (Å²) in [6, 6.07) is 2.24. The maximum atomic E-state index is 11.2. The summed E-state index contributed by atoms with van der Waals surface area (Å²) in [5.41, 5.74) is 0.609. The van der Waals surface area contributed by atoms with Gasteiger partial charge in [-0.1, -0.05) is 6.92 Å². The Hall–Kier alpha value is -2.18. The van der Waals surface area contributed by atoms with Crippen molar-refractivity contribution in [3.05, 3.63) is 28.4 Å². The highest BCUT2D eigenvalue weighted by Crippen LogP contribution is 2.29. The van der Waals surface area contributed by atoms with Crippen molar-refractivity contribution >= 4 is 17.5 Å². The van der Waals surface area contributed by atoms with Crippen molar-refractivity contribution in [1.29, 1.82) is 0 Å². The third-order valence-corrected chi connectivity index (χ3v) is 3.20. The number of aromatic nitrogens is 1. The highest BCUT2D eigenvalue weighted by atomic mass is 16.6. The zero-order valence-electron chi connectivity index (χ0n) is 9.81. The Morgan fingerprint density at radius 1 is 1.61 bits per heavy atom. The van der Waals surface area contributed by atoms with Crippen LogP contribution in [0, 0.1) is 16.0 Å². The maximum Gasteiger partial charge on any atom is 0.363 e. The van der Waals surface area contributed by atoms with Crippen LogP contribution < -0.4 is 4.90 Å². The summed E-state index contributed by atoms with van der Waals surface area (Å²) in [7, 11) is 0. The van der Waals surface area contributed by atoms with Gasteiger partial charge in [-0.2, -0.15) is 0 Å². The molecule has 18 heavy (non-hydrogen) atoms. The number of hydrogen-bond donors (Lipinski definition) is 1. The number of carboxylic acid groups (broad SMARTS) is 1. The lowest BCUT2D eigenvalue weighted by atomic mass is 10.0. The molecule has 0 aromatic carbocycles. The zero-order valence-corrected chi connectivity index (χ0v) is 9.81. The summed E-state index contributed by atoms with van der Waals surface area (Å²) in [4.78, 5) is 26.5. The van der Waals surface area contributed by atoms with Crippen molar-refractivity contribution in [1.82, 2.24) is 4.98 Å². The lowest BCUT2D eigenvalue weighted by Crippen LogP contribution is -2.39. The molecule has 1 saturated heterocycles. The molecule has 0 spiro atoms. The largest absolute Gasteiger partial charge is 0.480 e. The van der Waals surface area contributed by atoms with Crippen LogP contribution in [0.15, 0.2) is 18.3 Å². The van der Waals surface area contributed by atoms with Gasteiger partial charge in [0, 0.05) is 12.6 Å². The first-order valence-electron chi connectivity index (χ1n) is 5.60. The fourth-order valence-electron chi connectivity index (χ4n) is 2.27. The Morgan fingerprint density at radius 2 is 2.33 bits per heavy atom. The molecule has 1 aliphatic heterocycles. The minimum absolute atomic E-state index is 0.0534. The van der Waals surface area contributed by atoms with Crippen LogP contribution in [0.5, 0.6) is 0 Å². The van der Waals surface area contributed by atoms with Crippen molar-refractivity contribution in [3.63, 3.8) is 0 Å². The molecule has 96 valence electrons. The van der Waals surface area contributed by atoms with Crippen LogP contribution in [-0.4, -0.2) is 33.6 Å². The number of nitrogens with zero attached hydrogens (tertiary/aromatic N) is 3. The summed E-state index contributed by atoms with van der Waals surface area (Å²) in [6.45, 7) is 2.51. The number of carboxylic acids is 1. The summed E-state index contributed by atoms with van der Waals surface area (Å²) in [5, 5.41) is 19.7. The highest BCUT2D eigenvalue weighted by Gasteiger charge is 2.37. The van der Waals surface area contributed by atoms with Crippen LogP contribution in [0.3, 0.4) is 0 Å². The normalized spacial score (nSPS) is 23.1. The van der Waals surface area contributed by atoms with Gasteiger partial charge in [-0.25, -0.2) is 4.79 Å². The van der Waals surface area contributed by atoms with Crippen LogP contribution in [0.25, 0.3) is 0 Å². The predicted molar refractivity (Wildman–Crippen MR) is 63.4 cm³/mol. The maximum absolute atomic E-state index is 11.2. The predicted octanol–water partition coefficient (Wildman–Crippen LogP) is 1.29. The first-order valence-corrected chi connectivity index (χ1v) is 5.60. The standard InChI is InChI=1S/C11H13N3O4/c1-7-4-5-13(10(7)11(15)16)8-2-3-9(12-6-8)14(17)18/h2-3,6-7,10H,4-5H2,1H3,(H,15,16). The number of carbonyl (C=O) groups is 1. The minimum Gasteiger partial charge on any atom is -0.480 e. The van der Waals surface area contributed by atoms with Crippen molar-refractivity contribution in [2.24, 2.45) is 5.92 Å². The molecule has 2 rings (SSSR count). The van der Waals surface area contributed by atoms with E-state index < -0.39 is 16.9 Å². The lowest BCUT2D eigenvalue weighted by molar-refractivity contribution is -0.389. The van der Waals surface area contributed by atoms with E-state index in [1.807, 2.05) is 6.92 Å². The molecule has 1 aromatic rings. The molecule has 1 fully saturated rings. The minimum atomic E-state index is -0.877. The van der Waals surface area contributed by atoms with Crippen molar-refractivity contribution in [2.75, 3.05) is 11.4 Å². The van der Waals surface area contributed by atoms with Crippen LogP contribution in [-0.2, 0) is 4.79 Å². The third-order valence-electron chi connectivity index (χ3n) is 3.20. The second-order valence-electron chi connectivity index (χ2n) is 4.37. The molecule has 7 heteroatoms. The highest BCUT2D eigenvalue weighted by molar-refractivity contribution is 5.79. The smallest absolute Gasteiger partial charge is 0.363 e. The Kier molecular flexibility index (Phi) is 3.14. The molecule has 1 aromatic heterocycles. The molecule has 0 amide bonds. The van der Waals surface area contributed by atoms with Gasteiger partial charge >= 0.3 is 11.8 Å². The molecule has 0 radical (unpaired) electrons. The van der Waals surface area contributed by atoms with Crippen LogP contribution in [0.1, 0.15) is 13.3 Å². The Labute approximate surface area is 103 Å². The molecule has 1 aliphatic rings. The average molecular weight is 251 g/mol. The van der Waals surface area contributed by atoms with E-state index in [2.05, 4.69) is 4.98 Å². The SMILES string of the molecule is CC1CCN(c2ccc([N+](=O)[O-])nc2)C1C(=O)O. The summed E-state index contributed by atoms with van der Waals surface area (Å²) < 4.78 is 0. The van der Waals surface area contributed by atoms with E-state index >= 15 is 0 Å². The monoisotopic (exact) mass is 251 g/mol. The van der Waals surface area contributed by atoms with E-state index in [-0.39, 0.29) is 11.7 Å². The van der Waals surface area contributed by atoms with Gasteiger partial charge in [-0.15, -0.1) is 0 Å². The van der Waals surface area contributed by atoms with E-state index in [9.17, 15) is 20.0 Å². The van der Waals surface area contributed by atoms with Gasteiger partial charge in [0.15, 0.2) is 6.20 Å². The van der Waals surface area contributed by atoms with E-state index in [1.54, 1.807) is 11.0 Å². The molecular formula is C11H13N3O4. The van der Waals surface area contributed by atoms with Crippen molar-refractivity contribution < 1.29 is 14.8 Å². The Balaban J connectivity index is 2.25. The number of anilines is 1. The van der Waals surface area contributed by atoms with Gasteiger partial charge in [0.2, 0.25) is 0 Å². The van der Waals surface area contributed by atoms with Crippen LogP contribution in [0.2, 0.25) is 0 Å². The fourth-order valence-corrected chi connectivity index (χ4v) is 2.27. The van der Waals surface area contributed by atoms with Crippen molar-refractivity contribution in [2.45, 2.75) is 19.4 Å². The Morgan fingerprint density at radius 3 is 2.83 bits per heavy atom. The second-order valence-corrected chi connectivity index (χ2v) is 4.37. The molecular weight excluding hydrogens is 238 g/mol. The van der Waals surface area contributed by atoms with Crippen molar-refractivity contribution in [3.8, 4) is 0 Å². The van der Waals surface area contributed by atoms with E-state index in [0.717, 1.165) is 6.42 Å². The number of rotatable bonds is 3. The number of nitro groups is 1. The van der Waals surface area contributed by atoms with Gasteiger partial charge in [0.25, 0.3) is 0 Å². The summed E-state index contributed by atoms with van der Waals surface area (Å²) >= 11 is 0. The lowest BCUT2D eigenvalue weighted by Gasteiger charge is -2.24. The fraction of sp³-hybridized carbons (Fsp3) is 0.455. The topological polar surface area (TPSA) is 96.6 Å². The van der Waals surface area contributed by atoms with Crippen LogP contribution >= 0.6 is 0 Å². The third kappa shape index (κ3) is 2.11. The molecule has 2 unspecified atom stereocenters. The van der Waals surface area contributed by atoms with Gasteiger partial charge < -0.3 is 20.1 Å². The van der Waals surface area contributed by atoms with E-state index in [4.69, 9.17) is 0 Å². The molecule has 7 nitrogen and oxygen atoms in total. The number of pyridine rings is 1. The van der Waals surface area contributed by atoms with Gasteiger partial charge in [-0.3, -0.25) is 0 Å². The summed E-state index contributed by atoms with van der Waals surface area (Å²) in [6.07, 6.45) is 2.14. The number of aliphatic carboxylic acids is 1. The van der Waals surface area contributed by atoms with Gasteiger partial charge in [-0.05, 0) is 28.3 Å². The summed E-state index contributed by atoms with van der Waals surface area (Å²) in [5.74, 6) is -1.06. The Bertz CT molecular complexity index is 474. The van der Waals surface area contributed by atoms with E-state index in [1.165, 1.54) is 12.3 Å². The second kappa shape index (κ2) is 4.59. The average Bonchev–Trinajstić information content (AvgIpc) is 2.71. The van der Waals surface area contributed by atoms with E-state index in [0.29, 0.717) is 12.2 Å². The number of hydrogen-bond acceptors (Lipinski definition) is 5. The molecule has 0 bridgehead atoms. The van der Waals surface area contributed by atoms with Gasteiger partial charge in [0.05, 0.1) is 5.69 Å². The quantitative estimate of drug-likeness (QED) is 0.642. The molecule has 2 atom stereocenters. The van der Waals surface area contributed by atoms with Crippen LogP contribution in [0.4, 0.5) is 11.5 Å². The first kappa shape index (κ1) is 12.3. The molecule has 0 saturated carbocycles. The van der Waals surface area contributed by atoms with Gasteiger partial charge in [0.1, 0.15) is 6.04 Å². The zero-order chi connectivity index (χ0) is 13.3. The first-order chi connectivity index (χ1) is 8.50. The molecule has 2 heterocycles.